The molecule has 3 fully saturated rings. The minimum absolute atomic E-state index is 0.0526. The van der Waals surface area contributed by atoms with Gasteiger partial charge in [0.05, 0.1) is 24.2 Å². The van der Waals surface area contributed by atoms with Crippen LogP contribution in [-0.4, -0.2) is 66.3 Å². The van der Waals surface area contributed by atoms with Crippen molar-refractivity contribution >= 4 is 42.7 Å². The van der Waals surface area contributed by atoms with E-state index in [9.17, 15) is 23.7 Å². The standard InChI is InChI=1S/C33H48ClO10P/c1-8-28(37)40-19-26(36)33(44-29(38)9-2)21(5)16-25-24-13-12-22-17-23(35)14-15-30(22,6)32(24,34)27(18-31(25,33)7)41-20-45(39,42-10-3)43-11-4/h14-15,17,21,24-25,27H,8-13,16,18-20H2,1-7H3/t21-,24-,25-,27-,30-,31-,32-,33-/m0/s1. The number of ketones is 2. The van der Waals surface area contributed by atoms with Gasteiger partial charge in [0.15, 0.2) is 18.0 Å². The molecule has 0 heterocycles. The van der Waals surface area contributed by atoms with Crippen molar-refractivity contribution in [2.75, 3.05) is 26.2 Å². The van der Waals surface area contributed by atoms with Crippen LogP contribution in [0.2, 0.25) is 0 Å². The van der Waals surface area contributed by atoms with E-state index in [1.807, 2.05) is 26.8 Å². The quantitative estimate of drug-likeness (QED) is 0.124. The molecule has 0 unspecified atom stereocenters. The predicted molar refractivity (Wildman–Crippen MR) is 168 cm³/mol. The van der Waals surface area contributed by atoms with Gasteiger partial charge in [-0.25, -0.2) is 0 Å². The van der Waals surface area contributed by atoms with Gasteiger partial charge in [-0.1, -0.05) is 46.3 Å². The van der Waals surface area contributed by atoms with Crippen LogP contribution in [0.25, 0.3) is 0 Å². The number of fused-ring (bicyclic) bond motifs is 5. The molecule has 0 aromatic rings. The first-order valence-corrected chi connectivity index (χ1v) is 18.3. The van der Waals surface area contributed by atoms with Crippen molar-refractivity contribution in [1.29, 1.82) is 0 Å². The Hall–Kier alpha value is -1.84. The van der Waals surface area contributed by atoms with Gasteiger partial charge in [0.25, 0.3) is 0 Å². The molecule has 8 atom stereocenters. The number of allylic oxidation sites excluding steroid dienone is 4. The number of hydrogen-bond donors (Lipinski definition) is 0. The van der Waals surface area contributed by atoms with E-state index in [2.05, 4.69) is 0 Å². The first-order chi connectivity index (χ1) is 21.1. The lowest BCUT2D eigenvalue weighted by Crippen LogP contribution is -2.70. The Morgan fingerprint density at radius 3 is 2.27 bits per heavy atom. The topological polar surface area (TPSA) is 132 Å². The summed E-state index contributed by atoms with van der Waals surface area (Å²) in [6, 6.07) is 0. The van der Waals surface area contributed by atoms with Crippen molar-refractivity contribution in [3.8, 4) is 0 Å². The minimum atomic E-state index is -3.67. The number of rotatable bonds is 13. The predicted octanol–water partition coefficient (Wildman–Crippen LogP) is 6.33. The van der Waals surface area contributed by atoms with Crippen LogP contribution in [-0.2, 0) is 47.0 Å². The fraction of sp³-hybridized carbons (Fsp3) is 0.758. The molecule has 0 aliphatic heterocycles. The van der Waals surface area contributed by atoms with Crippen molar-refractivity contribution < 1.29 is 47.0 Å². The highest BCUT2D eigenvalue weighted by Gasteiger charge is 2.76. The molecule has 0 amide bonds. The highest BCUT2D eigenvalue weighted by Crippen LogP contribution is 2.73. The zero-order valence-corrected chi connectivity index (χ0v) is 29.2. The number of hydrogen-bond acceptors (Lipinski definition) is 10. The molecule has 4 aliphatic carbocycles. The molecule has 0 bridgehead atoms. The van der Waals surface area contributed by atoms with Gasteiger partial charge in [-0.05, 0) is 63.5 Å². The minimum Gasteiger partial charge on any atom is -0.457 e. The summed E-state index contributed by atoms with van der Waals surface area (Å²) < 4.78 is 42.8. The van der Waals surface area contributed by atoms with Crippen LogP contribution in [0.4, 0.5) is 0 Å². The number of carbonyl (C=O) groups is 4. The molecule has 4 rings (SSSR count). The summed E-state index contributed by atoms with van der Waals surface area (Å²) in [7, 11) is -3.67. The summed E-state index contributed by atoms with van der Waals surface area (Å²) in [6.45, 7) is 12.3. The Kier molecular flexibility index (Phi) is 10.7. The normalized spacial score (nSPS) is 37.2. The van der Waals surface area contributed by atoms with E-state index in [1.54, 1.807) is 33.8 Å². The zero-order chi connectivity index (χ0) is 33.4. The van der Waals surface area contributed by atoms with Crippen molar-refractivity contribution in [3.63, 3.8) is 0 Å². The van der Waals surface area contributed by atoms with E-state index in [0.717, 1.165) is 5.57 Å². The molecule has 0 radical (unpaired) electrons. The Bertz CT molecular complexity index is 1300. The second-order valence-electron chi connectivity index (χ2n) is 13.1. The molecule has 0 saturated heterocycles. The van der Waals surface area contributed by atoms with Gasteiger partial charge in [-0.2, -0.15) is 0 Å². The fourth-order valence-corrected chi connectivity index (χ4v) is 10.8. The third-order valence-electron chi connectivity index (χ3n) is 10.9. The lowest BCUT2D eigenvalue weighted by atomic mass is 9.45. The van der Waals surface area contributed by atoms with Crippen LogP contribution in [0.15, 0.2) is 23.8 Å². The van der Waals surface area contributed by atoms with Crippen LogP contribution in [0.3, 0.4) is 0 Å². The van der Waals surface area contributed by atoms with Crippen molar-refractivity contribution in [2.45, 2.75) is 104 Å². The van der Waals surface area contributed by atoms with E-state index >= 15 is 0 Å². The van der Waals surface area contributed by atoms with Gasteiger partial charge < -0.3 is 23.3 Å². The largest absolute Gasteiger partial charge is 0.457 e. The van der Waals surface area contributed by atoms with E-state index in [-0.39, 0.29) is 56.4 Å². The SMILES string of the molecule is CCOP(=O)(CO[C@H]1C[C@@]2(C)[C@@H](C[C@H](C)[C@]2(OC(=O)CC)C(=O)COC(=O)CC)[C@@H]2CCC3=CC(=O)C=C[C@]3(C)[C@@]12Cl)OCC. The molecule has 12 heteroatoms. The van der Waals surface area contributed by atoms with E-state index in [0.29, 0.717) is 19.3 Å². The Labute approximate surface area is 271 Å². The van der Waals surface area contributed by atoms with Gasteiger partial charge in [-0.3, -0.25) is 23.7 Å². The summed E-state index contributed by atoms with van der Waals surface area (Å²) in [5.41, 5.74) is -2.52. The molecule has 0 aromatic carbocycles. The maximum absolute atomic E-state index is 14.3. The van der Waals surface area contributed by atoms with Crippen LogP contribution in [0, 0.1) is 28.6 Å². The molecule has 252 valence electrons. The molecule has 45 heavy (non-hydrogen) atoms. The van der Waals surface area contributed by atoms with Gasteiger partial charge in [0, 0.05) is 29.6 Å². The molecule has 0 spiro atoms. The fourth-order valence-electron chi connectivity index (χ4n) is 8.84. The van der Waals surface area contributed by atoms with Crippen LogP contribution in [0.1, 0.15) is 87.0 Å². The maximum atomic E-state index is 14.3. The molecular weight excluding hydrogens is 623 g/mol. The number of carbonyl (C=O) groups excluding carboxylic acids is 4. The van der Waals surface area contributed by atoms with Crippen LogP contribution < -0.4 is 0 Å². The van der Waals surface area contributed by atoms with Gasteiger partial charge in [-0.15, -0.1) is 11.6 Å². The van der Waals surface area contributed by atoms with Crippen LogP contribution >= 0.6 is 19.2 Å². The average Bonchev–Trinajstić information content (AvgIpc) is 3.21. The van der Waals surface area contributed by atoms with E-state index < -0.39 is 65.3 Å². The molecule has 4 aliphatic rings. The highest BCUT2D eigenvalue weighted by atomic mass is 35.5. The van der Waals surface area contributed by atoms with Crippen LogP contribution in [0.5, 0.6) is 0 Å². The summed E-state index contributed by atoms with van der Waals surface area (Å²) in [4.78, 5) is 50.8. The Morgan fingerprint density at radius 2 is 1.67 bits per heavy atom. The first kappa shape index (κ1) is 36.0. The zero-order valence-electron chi connectivity index (χ0n) is 27.5. The van der Waals surface area contributed by atoms with Gasteiger partial charge in [0.1, 0.15) is 6.35 Å². The smallest absolute Gasteiger partial charge is 0.356 e. The van der Waals surface area contributed by atoms with Crippen molar-refractivity contribution in [2.24, 2.45) is 28.6 Å². The number of halogens is 1. The number of ether oxygens (including phenoxy) is 3. The highest BCUT2D eigenvalue weighted by molar-refractivity contribution is 7.53. The summed E-state index contributed by atoms with van der Waals surface area (Å²) in [6.07, 6.45) is 5.87. The second-order valence-corrected chi connectivity index (χ2v) is 15.7. The number of alkyl halides is 1. The molecule has 0 N–H and O–H groups in total. The summed E-state index contributed by atoms with van der Waals surface area (Å²) in [5.74, 6) is -2.54. The molecule has 0 aromatic heterocycles. The Morgan fingerprint density at radius 1 is 1.02 bits per heavy atom. The van der Waals surface area contributed by atoms with E-state index in [1.165, 1.54) is 6.08 Å². The van der Waals surface area contributed by atoms with Gasteiger partial charge >= 0.3 is 19.5 Å². The Balaban J connectivity index is 1.87. The monoisotopic (exact) mass is 670 g/mol. The molecule has 3 saturated carbocycles. The van der Waals surface area contributed by atoms with Crippen molar-refractivity contribution in [3.05, 3.63) is 23.8 Å². The average molecular weight is 671 g/mol. The number of esters is 2. The maximum Gasteiger partial charge on any atom is 0.356 e. The van der Waals surface area contributed by atoms with Gasteiger partial charge in [0.2, 0.25) is 5.78 Å². The lowest BCUT2D eigenvalue weighted by molar-refractivity contribution is -0.206. The third kappa shape index (κ3) is 5.81. The van der Waals surface area contributed by atoms with Crippen molar-refractivity contribution in [1.82, 2.24) is 0 Å². The summed E-state index contributed by atoms with van der Waals surface area (Å²) >= 11 is 7.93. The molecular formula is C33H48ClO10P. The van der Waals surface area contributed by atoms with E-state index in [4.69, 9.17) is 34.9 Å². The first-order valence-electron chi connectivity index (χ1n) is 16.2. The molecule has 10 nitrogen and oxygen atoms in total. The third-order valence-corrected chi connectivity index (χ3v) is 13.6. The number of Topliss-reactive ketones (excluding diaryl/α,β-unsaturated/α-hetero) is 1. The second kappa shape index (κ2) is 13.3. The summed E-state index contributed by atoms with van der Waals surface area (Å²) in [5, 5.41) is 0. The lowest BCUT2D eigenvalue weighted by Gasteiger charge is -2.64.